The molecule has 0 heterocycles. The second-order valence-corrected chi connectivity index (χ2v) is 4.15. The van der Waals surface area contributed by atoms with Crippen LogP contribution in [0.2, 0.25) is 0 Å². The minimum Gasteiger partial charge on any atom is -0.380 e. The quantitative estimate of drug-likeness (QED) is 0.634. The van der Waals surface area contributed by atoms with E-state index in [0.29, 0.717) is 0 Å². The fourth-order valence-corrected chi connectivity index (χ4v) is 1.75. The largest absolute Gasteiger partial charge is 0.380 e. The summed E-state index contributed by atoms with van der Waals surface area (Å²) in [5, 5.41) is 3.46. The second kappa shape index (κ2) is 3.34. The summed E-state index contributed by atoms with van der Waals surface area (Å²) in [7, 11) is 0. The summed E-state index contributed by atoms with van der Waals surface area (Å²) in [6.07, 6.45) is 5.21. The number of rotatable bonds is 3. The molecule has 0 aromatic heterocycles. The van der Waals surface area contributed by atoms with Crippen LogP contribution in [-0.4, -0.2) is 5.54 Å². The van der Waals surface area contributed by atoms with Crippen molar-refractivity contribution in [2.24, 2.45) is 0 Å². The molecule has 0 aromatic carbocycles. The van der Waals surface area contributed by atoms with Crippen LogP contribution in [-0.2, 0) is 0 Å². The lowest BCUT2D eigenvalue weighted by atomic mass is 10.00. The molecular weight excluding hydrogens is 146 g/mol. The van der Waals surface area contributed by atoms with Crippen molar-refractivity contribution < 1.29 is 0 Å². The molecule has 0 unspecified atom stereocenters. The van der Waals surface area contributed by atoms with Gasteiger partial charge in [-0.05, 0) is 32.3 Å². The molecule has 0 spiro atoms. The molecule has 0 amide bonds. The molecule has 0 aromatic rings. The molecule has 0 radical (unpaired) electrons. The fraction of sp³-hybridized carbons (Fsp3) is 0.636. The van der Waals surface area contributed by atoms with Gasteiger partial charge in [0, 0.05) is 11.2 Å². The maximum absolute atomic E-state index is 3.95. The van der Waals surface area contributed by atoms with Gasteiger partial charge in [-0.2, -0.15) is 0 Å². The van der Waals surface area contributed by atoms with Crippen LogP contribution >= 0.6 is 0 Å². The van der Waals surface area contributed by atoms with Gasteiger partial charge < -0.3 is 5.32 Å². The van der Waals surface area contributed by atoms with E-state index in [2.05, 4.69) is 25.4 Å². The maximum atomic E-state index is 3.95. The van der Waals surface area contributed by atoms with E-state index < -0.39 is 0 Å². The predicted octanol–water partition coefficient (Wildman–Crippen LogP) is 3.00. The van der Waals surface area contributed by atoms with E-state index >= 15 is 0 Å². The first-order valence-corrected chi connectivity index (χ1v) is 4.66. The number of nitrogens with one attached hydrogen (secondary N) is 1. The van der Waals surface area contributed by atoms with Crippen molar-refractivity contribution in [2.45, 2.75) is 45.1 Å². The first-order valence-electron chi connectivity index (χ1n) is 4.66. The molecule has 1 aliphatic carbocycles. The summed E-state index contributed by atoms with van der Waals surface area (Å²) in [5.74, 6) is 0. The van der Waals surface area contributed by atoms with Gasteiger partial charge in [0.1, 0.15) is 0 Å². The molecule has 0 bridgehead atoms. The highest BCUT2D eigenvalue weighted by molar-refractivity contribution is 5.22. The first kappa shape index (κ1) is 9.37. The van der Waals surface area contributed by atoms with Crippen molar-refractivity contribution >= 4 is 0 Å². The summed E-state index contributed by atoms with van der Waals surface area (Å²) in [5.41, 5.74) is 2.33. The van der Waals surface area contributed by atoms with Crippen LogP contribution < -0.4 is 5.32 Å². The van der Waals surface area contributed by atoms with E-state index in [4.69, 9.17) is 0 Å². The Kier molecular flexibility index (Phi) is 2.61. The van der Waals surface area contributed by atoms with Crippen LogP contribution in [0.1, 0.15) is 39.5 Å². The molecular formula is C11H19N. The number of allylic oxidation sites excluding steroid dienone is 1. The number of hydrogen-bond donors (Lipinski definition) is 1. The Morgan fingerprint density at radius 3 is 2.17 bits per heavy atom. The Hall–Kier alpha value is -0.720. The minimum absolute atomic E-state index is 0.288. The van der Waals surface area contributed by atoms with E-state index in [1.807, 2.05) is 6.92 Å². The van der Waals surface area contributed by atoms with Crippen LogP contribution in [0.3, 0.4) is 0 Å². The molecule has 12 heavy (non-hydrogen) atoms. The van der Waals surface area contributed by atoms with E-state index in [1.165, 1.54) is 25.7 Å². The molecule has 0 saturated heterocycles. The average molecular weight is 165 g/mol. The van der Waals surface area contributed by atoms with Crippen molar-refractivity contribution in [3.05, 3.63) is 24.4 Å². The molecule has 68 valence electrons. The van der Waals surface area contributed by atoms with Gasteiger partial charge in [0.05, 0.1) is 0 Å². The highest BCUT2D eigenvalue weighted by Gasteiger charge is 2.28. The topological polar surface area (TPSA) is 12.0 Å². The smallest absolute Gasteiger partial charge is 0.0345 e. The SMILES string of the molecule is C=C(C)C(=C)NC1(C)CCCC1. The highest BCUT2D eigenvalue weighted by Crippen LogP contribution is 2.30. The molecule has 1 nitrogen and oxygen atoms in total. The van der Waals surface area contributed by atoms with Gasteiger partial charge >= 0.3 is 0 Å². The second-order valence-electron chi connectivity index (χ2n) is 4.15. The van der Waals surface area contributed by atoms with Crippen molar-refractivity contribution in [1.82, 2.24) is 5.32 Å². The van der Waals surface area contributed by atoms with Gasteiger partial charge in [-0.3, -0.25) is 0 Å². The third-order valence-electron chi connectivity index (χ3n) is 2.67. The molecule has 0 aliphatic heterocycles. The van der Waals surface area contributed by atoms with Crippen molar-refractivity contribution in [1.29, 1.82) is 0 Å². The van der Waals surface area contributed by atoms with Crippen LogP contribution in [0.25, 0.3) is 0 Å². The van der Waals surface area contributed by atoms with Crippen molar-refractivity contribution in [3.63, 3.8) is 0 Å². The summed E-state index contributed by atoms with van der Waals surface area (Å²) in [6.45, 7) is 12.1. The molecule has 1 aliphatic rings. The summed E-state index contributed by atoms with van der Waals surface area (Å²) < 4.78 is 0. The van der Waals surface area contributed by atoms with Crippen LogP contribution in [0, 0.1) is 0 Å². The summed E-state index contributed by atoms with van der Waals surface area (Å²) in [4.78, 5) is 0. The lowest BCUT2D eigenvalue weighted by molar-refractivity contribution is 0.405. The van der Waals surface area contributed by atoms with Gasteiger partial charge in [0.15, 0.2) is 0 Å². The Morgan fingerprint density at radius 2 is 1.75 bits per heavy atom. The first-order chi connectivity index (χ1) is 5.53. The average Bonchev–Trinajstić information content (AvgIpc) is 2.35. The van der Waals surface area contributed by atoms with E-state index in [0.717, 1.165) is 11.3 Å². The van der Waals surface area contributed by atoms with Crippen LogP contribution in [0.5, 0.6) is 0 Å². The Morgan fingerprint density at radius 1 is 1.25 bits per heavy atom. The van der Waals surface area contributed by atoms with Gasteiger partial charge in [-0.1, -0.05) is 26.0 Å². The van der Waals surface area contributed by atoms with Crippen molar-refractivity contribution in [3.8, 4) is 0 Å². The number of hydrogen-bond acceptors (Lipinski definition) is 1. The molecule has 1 saturated carbocycles. The zero-order chi connectivity index (χ0) is 9.19. The van der Waals surface area contributed by atoms with Crippen LogP contribution in [0.4, 0.5) is 0 Å². The fourth-order valence-electron chi connectivity index (χ4n) is 1.75. The third-order valence-corrected chi connectivity index (χ3v) is 2.67. The van der Waals surface area contributed by atoms with Gasteiger partial charge in [0.25, 0.3) is 0 Å². The predicted molar refractivity (Wildman–Crippen MR) is 54.0 cm³/mol. The molecule has 1 heteroatoms. The Bertz CT molecular complexity index is 197. The molecule has 1 N–H and O–H groups in total. The maximum Gasteiger partial charge on any atom is 0.0345 e. The molecule has 0 atom stereocenters. The third kappa shape index (κ3) is 2.13. The zero-order valence-corrected chi connectivity index (χ0v) is 8.24. The minimum atomic E-state index is 0.288. The van der Waals surface area contributed by atoms with Crippen LogP contribution in [0.15, 0.2) is 24.4 Å². The van der Waals surface area contributed by atoms with E-state index in [1.54, 1.807) is 0 Å². The lowest BCUT2D eigenvalue weighted by Gasteiger charge is -2.28. The Labute approximate surface area is 75.6 Å². The van der Waals surface area contributed by atoms with E-state index in [9.17, 15) is 0 Å². The lowest BCUT2D eigenvalue weighted by Crippen LogP contribution is -2.38. The van der Waals surface area contributed by atoms with Gasteiger partial charge in [-0.25, -0.2) is 0 Å². The van der Waals surface area contributed by atoms with E-state index in [-0.39, 0.29) is 5.54 Å². The zero-order valence-electron chi connectivity index (χ0n) is 8.24. The van der Waals surface area contributed by atoms with Crippen molar-refractivity contribution in [2.75, 3.05) is 0 Å². The van der Waals surface area contributed by atoms with Gasteiger partial charge in [0.2, 0.25) is 0 Å². The standard InChI is InChI=1S/C11H19N/c1-9(2)10(3)12-11(4)7-5-6-8-11/h12H,1,3,5-8H2,2,4H3. The summed E-state index contributed by atoms with van der Waals surface area (Å²) in [6, 6.07) is 0. The highest BCUT2D eigenvalue weighted by atomic mass is 15.0. The molecule has 1 rings (SSSR count). The normalized spacial score (nSPS) is 20.5. The summed E-state index contributed by atoms with van der Waals surface area (Å²) >= 11 is 0. The molecule has 1 fully saturated rings. The monoisotopic (exact) mass is 165 g/mol. The Balaban J connectivity index is 2.49. The van der Waals surface area contributed by atoms with Gasteiger partial charge in [-0.15, -0.1) is 0 Å².